The molecule has 1 saturated heterocycles. The lowest BCUT2D eigenvalue weighted by molar-refractivity contribution is -0.134. The quantitative estimate of drug-likeness (QED) is 0.517. The Morgan fingerprint density at radius 3 is 1.84 bits per heavy atom. The molecule has 3 atom stereocenters. The number of hydrogen-bond donors (Lipinski definition) is 1. The van der Waals surface area contributed by atoms with E-state index in [-0.39, 0.29) is 12.1 Å². The van der Waals surface area contributed by atoms with Gasteiger partial charge in [-0.3, -0.25) is 0 Å². The van der Waals surface area contributed by atoms with Gasteiger partial charge in [-0.2, -0.15) is 0 Å². The van der Waals surface area contributed by atoms with E-state index in [4.69, 9.17) is 14.2 Å². The molecule has 1 fully saturated rings. The van der Waals surface area contributed by atoms with Gasteiger partial charge in [-0.15, -0.1) is 0 Å². The minimum Gasteiger partial charge on any atom is -0.375 e. The molecule has 0 bridgehead atoms. The lowest BCUT2D eigenvalue weighted by atomic mass is 9.98. The minimum atomic E-state index is -0.439. The van der Waals surface area contributed by atoms with E-state index in [1.165, 1.54) is 5.56 Å². The van der Waals surface area contributed by atoms with Gasteiger partial charge in [0.1, 0.15) is 11.7 Å². The molecule has 0 aliphatic carbocycles. The van der Waals surface area contributed by atoms with Crippen LogP contribution in [0.3, 0.4) is 0 Å². The van der Waals surface area contributed by atoms with E-state index in [9.17, 15) is 0 Å². The van der Waals surface area contributed by atoms with Gasteiger partial charge in [0.25, 0.3) is 0 Å². The Kier molecular flexibility index (Phi) is 7.49. The van der Waals surface area contributed by atoms with Crippen LogP contribution in [0, 0.1) is 0 Å². The molecular weight excluding hydrogens is 386 g/mol. The molecule has 0 amide bonds. The Labute approximate surface area is 185 Å². The van der Waals surface area contributed by atoms with E-state index in [0.29, 0.717) is 26.4 Å². The van der Waals surface area contributed by atoms with Crippen LogP contribution in [0.4, 0.5) is 0 Å². The van der Waals surface area contributed by atoms with Gasteiger partial charge in [0.2, 0.25) is 0 Å². The summed E-state index contributed by atoms with van der Waals surface area (Å²) < 4.78 is 18.9. The molecule has 1 aliphatic heterocycles. The average molecular weight is 418 g/mol. The Bertz CT molecular complexity index is 904. The third-order valence-electron chi connectivity index (χ3n) is 5.78. The molecule has 4 nitrogen and oxygen atoms in total. The summed E-state index contributed by atoms with van der Waals surface area (Å²) in [5.74, 6) is 0. The summed E-state index contributed by atoms with van der Waals surface area (Å²) in [6, 6.07) is 30.9. The van der Waals surface area contributed by atoms with Gasteiger partial charge in [-0.25, -0.2) is 0 Å². The zero-order valence-corrected chi connectivity index (χ0v) is 18.1. The summed E-state index contributed by atoms with van der Waals surface area (Å²) >= 11 is 0. The SMILES string of the molecule is C[C@]1(OCc2ccccc2)CN[C@H](COCc2ccccc2)[C@H]1OCc1ccccc1. The maximum atomic E-state index is 6.44. The maximum Gasteiger partial charge on any atom is 0.106 e. The normalized spacial score (nSPS) is 23.1. The second kappa shape index (κ2) is 10.7. The summed E-state index contributed by atoms with van der Waals surface area (Å²) in [6.07, 6.45) is -0.118. The highest BCUT2D eigenvalue weighted by Gasteiger charge is 2.47. The molecule has 1 heterocycles. The monoisotopic (exact) mass is 417 g/mol. The lowest BCUT2D eigenvalue weighted by Gasteiger charge is -2.33. The van der Waals surface area contributed by atoms with Crippen molar-refractivity contribution in [2.24, 2.45) is 0 Å². The van der Waals surface area contributed by atoms with Gasteiger partial charge < -0.3 is 19.5 Å². The number of hydrogen-bond acceptors (Lipinski definition) is 4. The van der Waals surface area contributed by atoms with Crippen LogP contribution in [0.5, 0.6) is 0 Å². The van der Waals surface area contributed by atoms with Gasteiger partial charge in [0.15, 0.2) is 0 Å². The average Bonchev–Trinajstić information content (AvgIpc) is 3.14. The molecule has 1 aliphatic rings. The van der Waals surface area contributed by atoms with Crippen molar-refractivity contribution >= 4 is 0 Å². The van der Waals surface area contributed by atoms with Crippen molar-refractivity contribution in [1.82, 2.24) is 5.32 Å². The third kappa shape index (κ3) is 6.02. The van der Waals surface area contributed by atoms with Crippen LogP contribution in [0.2, 0.25) is 0 Å². The zero-order valence-electron chi connectivity index (χ0n) is 18.1. The smallest absolute Gasteiger partial charge is 0.106 e. The van der Waals surface area contributed by atoms with Crippen molar-refractivity contribution in [1.29, 1.82) is 0 Å². The standard InChI is InChI=1S/C27H31NO3/c1-27(31-19-24-15-9-4-10-16-24)21-28-25(20-29-17-22-11-5-2-6-12-22)26(27)30-18-23-13-7-3-8-14-23/h2-16,25-26,28H,17-21H2,1H3/t25-,26-,27+/m1/s1. The third-order valence-corrected chi connectivity index (χ3v) is 5.78. The van der Waals surface area contributed by atoms with Crippen molar-refractivity contribution in [3.63, 3.8) is 0 Å². The summed E-state index contributed by atoms with van der Waals surface area (Å²) in [5.41, 5.74) is 3.05. The number of ether oxygens (including phenoxy) is 3. The largest absolute Gasteiger partial charge is 0.375 e. The molecule has 4 rings (SSSR count). The number of rotatable bonds is 10. The van der Waals surface area contributed by atoms with E-state index in [0.717, 1.165) is 17.7 Å². The molecule has 0 radical (unpaired) electrons. The molecule has 4 heteroatoms. The molecular formula is C27H31NO3. The Hall–Kier alpha value is -2.50. The fourth-order valence-corrected chi connectivity index (χ4v) is 4.00. The predicted octanol–water partition coefficient (Wildman–Crippen LogP) is 4.74. The highest BCUT2D eigenvalue weighted by atomic mass is 16.6. The highest BCUT2D eigenvalue weighted by molar-refractivity contribution is 5.16. The number of benzene rings is 3. The summed E-state index contributed by atoms with van der Waals surface area (Å²) in [6.45, 7) is 5.12. The summed E-state index contributed by atoms with van der Waals surface area (Å²) in [7, 11) is 0. The van der Waals surface area contributed by atoms with E-state index < -0.39 is 5.60 Å². The lowest BCUT2D eigenvalue weighted by Crippen LogP contribution is -2.46. The first-order valence-electron chi connectivity index (χ1n) is 10.9. The van der Waals surface area contributed by atoms with Gasteiger partial charge >= 0.3 is 0 Å². The molecule has 1 N–H and O–H groups in total. The molecule has 3 aromatic carbocycles. The Morgan fingerprint density at radius 1 is 0.742 bits per heavy atom. The second-order valence-corrected chi connectivity index (χ2v) is 8.29. The van der Waals surface area contributed by atoms with Crippen LogP contribution < -0.4 is 5.32 Å². The van der Waals surface area contributed by atoms with Gasteiger partial charge in [0, 0.05) is 6.54 Å². The van der Waals surface area contributed by atoms with E-state index in [2.05, 4.69) is 48.6 Å². The Balaban J connectivity index is 1.40. The second-order valence-electron chi connectivity index (χ2n) is 8.29. The van der Waals surface area contributed by atoms with Gasteiger partial charge in [0.05, 0.1) is 32.5 Å². The van der Waals surface area contributed by atoms with Crippen molar-refractivity contribution in [3.05, 3.63) is 108 Å². The van der Waals surface area contributed by atoms with Crippen LogP contribution >= 0.6 is 0 Å². The van der Waals surface area contributed by atoms with Crippen LogP contribution in [0.15, 0.2) is 91.0 Å². The molecule has 0 saturated carbocycles. The van der Waals surface area contributed by atoms with Crippen LogP contribution in [-0.4, -0.2) is 30.9 Å². The number of nitrogens with one attached hydrogen (secondary N) is 1. The zero-order chi connectivity index (χ0) is 21.4. The van der Waals surface area contributed by atoms with Crippen LogP contribution in [0.25, 0.3) is 0 Å². The fourth-order valence-electron chi connectivity index (χ4n) is 4.00. The molecule has 3 aromatic rings. The van der Waals surface area contributed by atoms with E-state index in [1.807, 2.05) is 54.6 Å². The maximum absolute atomic E-state index is 6.44. The fraction of sp³-hybridized carbons (Fsp3) is 0.333. The van der Waals surface area contributed by atoms with Crippen molar-refractivity contribution in [2.45, 2.75) is 44.5 Å². The predicted molar refractivity (Wildman–Crippen MR) is 123 cm³/mol. The first-order valence-corrected chi connectivity index (χ1v) is 10.9. The summed E-state index contributed by atoms with van der Waals surface area (Å²) in [4.78, 5) is 0. The molecule has 31 heavy (non-hydrogen) atoms. The first kappa shape index (κ1) is 21.7. The minimum absolute atomic E-state index is 0.0631. The van der Waals surface area contributed by atoms with Crippen LogP contribution in [0.1, 0.15) is 23.6 Å². The molecule has 0 unspecified atom stereocenters. The van der Waals surface area contributed by atoms with E-state index >= 15 is 0 Å². The molecule has 0 aromatic heterocycles. The van der Waals surface area contributed by atoms with E-state index in [1.54, 1.807) is 0 Å². The van der Waals surface area contributed by atoms with Gasteiger partial charge in [-0.1, -0.05) is 91.0 Å². The van der Waals surface area contributed by atoms with Crippen molar-refractivity contribution in [2.75, 3.05) is 13.2 Å². The Morgan fingerprint density at radius 2 is 1.26 bits per heavy atom. The molecule has 0 spiro atoms. The topological polar surface area (TPSA) is 39.7 Å². The van der Waals surface area contributed by atoms with Crippen LogP contribution in [-0.2, 0) is 34.0 Å². The van der Waals surface area contributed by atoms with Crippen molar-refractivity contribution in [3.8, 4) is 0 Å². The van der Waals surface area contributed by atoms with Gasteiger partial charge in [-0.05, 0) is 23.6 Å². The summed E-state index contributed by atoms with van der Waals surface area (Å²) in [5, 5.41) is 3.58. The van der Waals surface area contributed by atoms with Crippen molar-refractivity contribution < 1.29 is 14.2 Å². The highest BCUT2D eigenvalue weighted by Crippen LogP contribution is 2.29. The molecule has 162 valence electrons. The first-order chi connectivity index (χ1) is 15.2.